The summed E-state index contributed by atoms with van der Waals surface area (Å²) in [5.41, 5.74) is 2.51. The van der Waals surface area contributed by atoms with Crippen molar-refractivity contribution < 1.29 is 22.1 Å². The molecule has 9 heteroatoms. The van der Waals surface area contributed by atoms with Crippen LogP contribution in [0.15, 0.2) is 48.5 Å². The molecule has 7 nitrogen and oxygen atoms in total. The van der Waals surface area contributed by atoms with Crippen LogP contribution in [0.2, 0.25) is 0 Å². The fourth-order valence-corrected chi connectivity index (χ4v) is 5.19. The normalized spacial score (nSPS) is 11.5. The Labute approximate surface area is 202 Å². The van der Waals surface area contributed by atoms with Crippen molar-refractivity contribution in [2.24, 2.45) is 0 Å². The molecule has 0 aliphatic rings. The molecular weight excluding hydrogens is 460 g/mol. The lowest BCUT2D eigenvalue weighted by molar-refractivity contribution is 0.325. The summed E-state index contributed by atoms with van der Waals surface area (Å²) in [7, 11) is 0.602. The van der Waals surface area contributed by atoms with E-state index in [-0.39, 0.29) is 6.61 Å². The Bertz CT molecular complexity index is 807. The molecule has 33 heavy (non-hydrogen) atoms. The molecule has 0 spiro atoms. The molecular formula is C24H36N2O5S2. The molecule has 0 bridgehead atoms. The summed E-state index contributed by atoms with van der Waals surface area (Å²) in [6.07, 6.45) is 3.89. The van der Waals surface area contributed by atoms with E-state index in [9.17, 15) is 8.42 Å². The van der Waals surface area contributed by atoms with Gasteiger partial charge in [-0.25, -0.2) is 0 Å². The van der Waals surface area contributed by atoms with Gasteiger partial charge in [0.25, 0.3) is 0 Å². The van der Waals surface area contributed by atoms with Crippen LogP contribution in [-0.4, -0.2) is 61.2 Å². The van der Waals surface area contributed by atoms with Crippen molar-refractivity contribution in [1.29, 1.82) is 0 Å². The molecule has 2 N–H and O–H groups in total. The van der Waals surface area contributed by atoms with Gasteiger partial charge in [0.15, 0.2) is 0 Å². The van der Waals surface area contributed by atoms with Gasteiger partial charge in [-0.3, -0.25) is 4.18 Å². The largest absolute Gasteiger partial charge is 0.497 e. The molecule has 0 saturated heterocycles. The predicted octanol–water partition coefficient (Wildman–Crippen LogP) is 3.44. The average Bonchev–Trinajstić information content (AvgIpc) is 2.83. The highest BCUT2D eigenvalue weighted by Gasteiger charge is 2.11. The first-order chi connectivity index (χ1) is 16.0. The standard InChI is InChI=1S/C24H36N2O5S2/c1-29-23-11-7-21(8-12-23)5-3-15-25-17-19-31-33(27,28)32-20-18-26-16-4-6-22-9-13-24(30-2)14-10-22/h7-14,25-26H,3-6,15-20H2,1-2H3. The Balaban J connectivity index is 1.42. The zero-order valence-electron chi connectivity index (χ0n) is 19.5. The van der Waals surface area contributed by atoms with Gasteiger partial charge in [0.1, 0.15) is 11.5 Å². The van der Waals surface area contributed by atoms with E-state index in [0.29, 0.717) is 18.8 Å². The molecule has 2 rings (SSSR count). The first kappa shape index (κ1) is 27.5. The molecule has 0 atom stereocenters. The Kier molecular flexibility index (Phi) is 13.3. The lowest BCUT2D eigenvalue weighted by atomic mass is 10.1. The van der Waals surface area contributed by atoms with Gasteiger partial charge in [-0.05, 0) is 85.0 Å². The van der Waals surface area contributed by atoms with Crippen LogP contribution >= 0.6 is 10.8 Å². The maximum atomic E-state index is 11.9. The maximum absolute atomic E-state index is 11.9. The van der Waals surface area contributed by atoms with E-state index in [4.69, 9.17) is 13.7 Å². The minimum atomic E-state index is -3.55. The molecule has 0 unspecified atom stereocenters. The highest BCUT2D eigenvalue weighted by atomic mass is 33.1. The number of nitrogens with one attached hydrogen (secondary N) is 2. The summed E-state index contributed by atoms with van der Waals surface area (Å²) in [6.45, 7) is 2.93. The van der Waals surface area contributed by atoms with Gasteiger partial charge in [0, 0.05) is 18.8 Å². The van der Waals surface area contributed by atoms with Crippen LogP contribution in [0.25, 0.3) is 0 Å². The molecule has 2 aromatic rings. The molecule has 0 fully saturated rings. The van der Waals surface area contributed by atoms with Crippen LogP contribution in [0.5, 0.6) is 11.5 Å². The summed E-state index contributed by atoms with van der Waals surface area (Å²) in [6, 6.07) is 16.1. The van der Waals surface area contributed by atoms with Crippen molar-refractivity contribution in [3.05, 3.63) is 59.7 Å². The first-order valence-electron chi connectivity index (χ1n) is 11.2. The Morgan fingerprint density at radius 2 is 1.21 bits per heavy atom. The van der Waals surface area contributed by atoms with Gasteiger partial charge < -0.3 is 20.1 Å². The van der Waals surface area contributed by atoms with Crippen molar-refractivity contribution in [2.45, 2.75) is 25.7 Å². The number of ether oxygens (including phenoxy) is 2. The van der Waals surface area contributed by atoms with Crippen molar-refractivity contribution in [1.82, 2.24) is 10.6 Å². The van der Waals surface area contributed by atoms with Gasteiger partial charge >= 0.3 is 9.15 Å². The van der Waals surface area contributed by atoms with Crippen LogP contribution in [0, 0.1) is 0 Å². The second-order valence-electron chi connectivity index (χ2n) is 7.46. The average molecular weight is 497 g/mol. The molecule has 0 aromatic heterocycles. The fraction of sp³-hybridized carbons (Fsp3) is 0.500. The maximum Gasteiger partial charge on any atom is 0.322 e. The number of hydrogen-bond acceptors (Lipinski definition) is 8. The van der Waals surface area contributed by atoms with E-state index >= 15 is 0 Å². The van der Waals surface area contributed by atoms with E-state index in [2.05, 4.69) is 34.9 Å². The number of methoxy groups -OCH3 is 2. The van der Waals surface area contributed by atoms with Crippen LogP contribution in [0.3, 0.4) is 0 Å². The second-order valence-corrected chi connectivity index (χ2v) is 11.1. The van der Waals surface area contributed by atoms with Crippen LogP contribution in [0.4, 0.5) is 0 Å². The van der Waals surface area contributed by atoms with Gasteiger partial charge in [-0.2, -0.15) is 8.42 Å². The van der Waals surface area contributed by atoms with Gasteiger partial charge in [-0.15, -0.1) is 0 Å². The Morgan fingerprint density at radius 1 is 0.727 bits per heavy atom. The summed E-state index contributed by atoms with van der Waals surface area (Å²) >= 11 is 0. The minimum absolute atomic E-state index is 0.146. The quantitative estimate of drug-likeness (QED) is 0.240. The van der Waals surface area contributed by atoms with Crippen molar-refractivity contribution in [3.63, 3.8) is 0 Å². The Morgan fingerprint density at radius 3 is 1.70 bits per heavy atom. The van der Waals surface area contributed by atoms with Crippen LogP contribution in [-0.2, 0) is 26.2 Å². The topological polar surface area (TPSA) is 85.9 Å². The molecule has 0 aliphatic heterocycles. The highest BCUT2D eigenvalue weighted by molar-refractivity contribution is 8.70. The summed E-state index contributed by atoms with van der Waals surface area (Å²) < 4.78 is 39.2. The molecule has 0 aliphatic carbocycles. The predicted molar refractivity (Wildman–Crippen MR) is 136 cm³/mol. The van der Waals surface area contributed by atoms with E-state index in [1.165, 1.54) is 11.1 Å². The van der Waals surface area contributed by atoms with Crippen LogP contribution in [0.1, 0.15) is 24.0 Å². The third-order valence-electron chi connectivity index (χ3n) is 4.97. The summed E-state index contributed by atoms with van der Waals surface area (Å²) in [5.74, 6) is 2.17. The summed E-state index contributed by atoms with van der Waals surface area (Å²) in [4.78, 5) is 0. The number of aryl methyl sites for hydroxylation is 2. The zero-order chi connectivity index (χ0) is 23.8. The molecule has 0 amide bonds. The van der Waals surface area contributed by atoms with Crippen molar-refractivity contribution in [2.75, 3.05) is 52.8 Å². The summed E-state index contributed by atoms with van der Waals surface area (Å²) in [5, 5.41) is 6.49. The monoisotopic (exact) mass is 496 g/mol. The van der Waals surface area contributed by atoms with E-state index < -0.39 is 9.15 Å². The highest BCUT2D eigenvalue weighted by Crippen LogP contribution is 2.14. The molecule has 2 aromatic carbocycles. The Hall–Kier alpha value is -1.78. The SMILES string of the molecule is COc1ccc(CCCNCCOS(=O)(=O)SCCNCCCc2ccc(OC)cc2)cc1. The third-order valence-corrected chi connectivity index (χ3v) is 7.74. The van der Waals surface area contributed by atoms with Crippen LogP contribution < -0.4 is 20.1 Å². The minimum Gasteiger partial charge on any atom is -0.497 e. The smallest absolute Gasteiger partial charge is 0.322 e. The number of rotatable bonds is 18. The number of hydrogen-bond donors (Lipinski definition) is 2. The van der Waals surface area contributed by atoms with E-state index in [0.717, 1.165) is 61.1 Å². The molecule has 0 saturated carbocycles. The lowest BCUT2D eigenvalue weighted by Crippen LogP contribution is -2.23. The third kappa shape index (κ3) is 12.3. The van der Waals surface area contributed by atoms with Gasteiger partial charge in [-0.1, -0.05) is 24.3 Å². The molecule has 184 valence electrons. The fourth-order valence-electron chi connectivity index (χ4n) is 3.14. The lowest BCUT2D eigenvalue weighted by Gasteiger charge is -2.08. The van der Waals surface area contributed by atoms with E-state index in [1.807, 2.05) is 24.3 Å². The molecule has 0 radical (unpaired) electrons. The van der Waals surface area contributed by atoms with Gasteiger partial charge in [0.05, 0.1) is 20.8 Å². The van der Waals surface area contributed by atoms with E-state index in [1.54, 1.807) is 14.2 Å². The number of benzene rings is 2. The van der Waals surface area contributed by atoms with Crippen molar-refractivity contribution in [3.8, 4) is 11.5 Å². The van der Waals surface area contributed by atoms with Crippen molar-refractivity contribution >= 4 is 19.9 Å². The van der Waals surface area contributed by atoms with Gasteiger partial charge in [0.2, 0.25) is 0 Å². The zero-order valence-corrected chi connectivity index (χ0v) is 21.2. The molecule has 0 heterocycles. The second kappa shape index (κ2) is 16.0. The first-order valence-corrected chi connectivity index (χ1v) is 14.1.